The molecule has 0 aromatic carbocycles. The summed E-state index contributed by atoms with van der Waals surface area (Å²) in [5.74, 6) is 1.10. The number of halogens is 1. The molecule has 0 aliphatic rings. The quantitative estimate of drug-likeness (QED) is 0.799. The van der Waals surface area contributed by atoms with Gasteiger partial charge in [0.15, 0.2) is 0 Å². The van der Waals surface area contributed by atoms with Gasteiger partial charge in [0, 0.05) is 23.0 Å². The van der Waals surface area contributed by atoms with Crippen LogP contribution in [-0.2, 0) is 0 Å². The molecule has 0 aliphatic heterocycles. The predicted octanol–water partition coefficient (Wildman–Crippen LogP) is 2.08. The van der Waals surface area contributed by atoms with E-state index in [1.165, 1.54) is 0 Å². The minimum Gasteiger partial charge on any atom is -0.384 e. The van der Waals surface area contributed by atoms with Crippen LogP contribution in [-0.4, -0.2) is 15.0 Å². The summed E-state index contributed by atoms with van der Waals surface area (Å²) < 4.78 is 0. The van der Waals surface area contributed by atoms with E-state index in [0.29, 0.717) is 22.4 Å². The first-order chi connectivity index (χ1) is 7.15. The topological polar surface area (TPSA) is 64.7 Å². The molecular formula is C10H9ClN4. The van der Waals surface area contributed by atoms with Crippen molar-refractivity contribution in [3.63, 3.8) is 0 Å². The van der Waals surface area contributed by atoms with Crippen LogP contribution in [0.4, 0.5) is 5.82 Å². The number of pyridine rings is 1. The Morgan fingerprint density at radius 3 is 2.47 bits per heavy atom. The number of nitrogen functional groups attached to an aromatic ring is 1. The molecule has 0 saturated heterocycles. The number of aryl methyl sites for hydroxylation is 1. The maximum atomic E-state index is 5.87. The van der Waals surface area contributed by atoms with Gasteiger partial charge in [-0.15, -0.1) is 0 Å². The normalized spacial score (nSPS) is 10.3. The smallest absolute Gasteiger partial charge is 0.125 e. The van der Waals surface area contributed by atoms with Crippen LogP contribution >= 0.6 is 11.6 Å². The van der Waals surface area contributed by atoms with Crippen molar-refractivity contribution in [1.82, 2.24) is 15.0 Å². The van der Waals surface area contributed by atoms with E-state index in [2.05, 4.69) is 15.0 Å². The van der Waals surface area contributed by atoms with E-state index in [4.69, 9.17) is 17.3 Å². The number of hydrogen-bond donors (Lipinski definition) is 1. The molecule has 2 aromatic heterocycles. The molecule has 2 aromatic rings. The van der Waals surface area contributed by atoms with Crippen molar-refractivity contribution in [1.29, 1.82) is 0 Å². The largest absolute Gasteiger partial charge is 0.384 e. The Kier molecular flexibility index (Phi) is 2.51. The van der Waals surface area contributed by atoms with Crippen molar-refractivity contribution in [3.05, 3.63) is 35.4 Å². The molecule has 0 saturated carbocycles. The molecule has 5 heteroatoms. The second-order valence-electron chi connectivity index (χ2n) is 3.11. The molecule has 0 radical (unpaired) electrons. The first-order valence-electron chi connectivity index (χ1n) is 4.37. The molecule has 0 unspecified atom stereocenters. The van der Waals surface area contributed by atoms with Gasteiger partial charge in [0.2, 0.25) is 0 Å². The van der Waals surface area contributed by atoms with Crippen molar-refractivity contribution >= 4 is 17.4 Å². The van der Waals surface area contributed by atoms with E-state index >= 15 is 0 Å². The predicted molar refractivity (Wildman–Crippen MR) is 59.4 cm³/mol. The van der Waals surface area contributed by atoms with Gasteiger partial charge in [0.25, 0.3) is 0 Å². The van der Waals surface area contributed by atoms with Gasteiger partial charge in [0.05, 0.1) is 5.69 Å². The fourth-order valence-corrected chi connectivity index (χ4v) is 1.41. The number of hydrogen-bond acceptors (Lipinski definition) is 4. The van der Waals surface area contributed by atoms with Crippen LogP contribution in [0.25, 0.3) is 11.3 Å². The third kappa shape index (κ3) is 2.22. The van der Waals surface area contributed by atoms with E-state index in [-0.39, 0.29) is 0 Å². The Morgan fingerprint density at radius 2 is 1.87 bits per heavy atom. The Labute approximate surface area is 92.2 Å². The van der Waals surface area contributed by atoms with Crippen molar-refractivity contribution in [2.24, 2.45) is 0 Å². The first-order valence-corrected chi connectivity index (χ1v) is 4.75. The Balaban J connectivity index is 2.49. The van der Waals surface area contributed by atoms with E-state index < -0.39 is 0 Å². The third-order valence-corrected chi connectivity index (χ3v) is 2.10. The maximum Gasteiger partial charge on any atom is 0.125 e. The number of anilines is 1. The highest BCUT2D eigenvalue weighted by atomic mass is 35.5. The van der Waals surface area contributed by atoms with Crippen molar-refractivity contribution < 1.29 is 0 Å². The van der Waals surface area contributed by atoms with Crippen LogP contribution in [0.2, 0.25) is 5.02 Å². The number of rotatable bonds is 1. The van der Waals surface area contributed by atoms with Crippen molar-refractivity contribution in [2.45, 2.75) is 6.92 Å². The monoisotopic (exact) mass is 220 g/mol. The highest BCUT2D eigenvalue weighted by Crippen LogP contribution is 2.21. The zero-order valence-corrected chi connectivity index (χ0v) is 8.86. The zero-order chi connectivity index (χ0) is 10.8. The number of aromatic nitrogens is 3. The molecule has 2 N–H and O–H groups in total. The van der Waals surface area contributed by atoms with Crippen LogP contribution in [0.1, 0.15) is 5.82 Å². The van der Waals surface area contributed by atoms with Crippen LogP contribution in [0.3, 0.4) is 0 Å². The van der Waals surface area contributed by atoms with Gasteiger partial charge < -0.3 is 5.73 Å². The van der Waals surface area contributed by atoms with E-state index in [9.17, 15) is 0 Å². The standard InChI is InChI=1S/C10H9ClN4/c1-6-13-4-7(5-14-6)9-2-8(11)3-10(12)15-9/h2-5H,1H3,(H2,12,15). The molecule has 76 valence electrons. The zero-order valence-electron chi connectivity index (χ0n) is 8.11. The average molecular weight is 221 g/mol. The van der Waals surface area contributed by atoms with E-state index in [1.54, 1.807) is 24.5 Å². The van der Waals surface area contributed by atoms with Gasteiger partial charge in [-0.1, -0.05) is 11.6 Å². The molecule has 0 fully saturated rings. The molecule has 0 spiro atoms. The summed E-state index contributed by atoms with van der Waals surface area (Å²) >= 11 is 5.87. The summed E-state index contributed by atoms with van der Waals surface area (Å²) in [7, 11) is 0. The molecule has 2 heterocycles. The number of nitrogens with zero attached hydrogens (tertiary/aromatic N) is 3. The van der Waals surface area contributed by atoms with Gasteiger partial charge in [0.1, 0.15) is 11.6 Å². The van der Waals surface area contributed by atoms with Crippen LogP contribution in [0, 0.1) is 6.92 Å². The van der Waals surface area contributed by atoms with Gasteiger partial charge >= 0.3 is 0 Å². The van der Waals surface area contributed by atoms with E-state index in [1.807, 2.05) is 6.92 Å². The molecule has 0 amide bonds. The summed E-state index contributed by atoms with van der Waals surface area (Å²) in [6, 6.07) is 3.33. The summed E-state index contributed by atoms with van der Waals surface area (Å²) in [6.45, 7) is 1.82. The molecule has 4 nitrogen and oxygen atoms in total. The highest BCUT2D eigenvalue weighted by Gasteiger charge is 2.03. The maximum absolute atomic E-state index is 5.87. The lowest BCUT2D eigenvalue weighted by atomic mass is 10.2. The molecule has 0 atom stereocenters. The molecular weight excluding hydrogens is 212 g/mol. The third-order valence-electron chi connectivity index (χ3n) is 1.89. The summed E-state index contributed by atoms with van der Waals surface area (Å²) in [4.78, 5) is 12.3. The Hall–Kier alpha value is -1.68. The van der Waals surface area contributed by atoms with Crippen LogP contribution in [0.15, 0.2) is 24.5 Å². The molecule has 0 bridgehead atoms. The van der Waals surface area contributed by atoms with Gasteiger partial charge in [-0.25, -0.2) is 15.0 Å². The van der Waals surface area contributed by atoms with Gasteiger partial charge in [-0.05, 0) is 19.1 Å². The first kappa shape index (κ1) is 9.86. The SMILES string of the molecule is Cc1ncc(-c2cc(Cl)cc(N)n2)cn1. The van der Waals surface area contributed by atoms with Gasteiger partial charge in [-0.3, -0.25) is 0 Å². The average Bonchev–Trinajstić information content (AvgIpc) is 2.17. The van der Waals surface area contributed by atoms with Crippen molar-refractivity contribution in [3.8, 4) is 11.3 Å². The van der Waals surface area contributed by atoms with Crippen LogP contribution < -0.4 is 5.73 Å². The Bertz CT molecular complexity index is 461. The highest BCUT2D eigenvalue weighted by molar-refractivity contribution is 6.31. The minimum absolute atomic E-state index is 0.387. The van der Waals surface area contributed by atoms with Crippen LogP contribution in [0.5, 0.6) is 0 Å². The van der Waals surface area contributed by atoms with E-state index in [0.717, 1.165) is 5.56 Å². The summed E-state index contributed by atoms with van der Waals surface area (Å²) in [5.41, 5.74) is 7.07. The lowest BCUT2D eigenvalue weighted by Crippen LogP contribution is -1.94. The lowest BCUT2D eigenvalue weighted by molar-refractivity contribution is 1.05. The van der Waals surface area contributed by atoms with Crippen molar-refractivity contribution in [2.75, 3.05) is 5.73 Å². The van der Waals surface area contributed by atoms with Gasteiger partial charge in [-0.2, -0.15) is 0 Å². The molecule has 15 heavy (non-hydrogen) atoms. The molecule has 0 aliphatic carbocycles. The second-order valence-corrected chi connectivity index (χ2v) is 3.55. The Morgan fingerprint density at radius 1 is 1.20 bits per heavy atom. The number of nitrogens with two attached hydrogens (primary N) is 1. The molecule has 2 rings (SSSR count). The fourth-order valence-electron chi connectivity index (χ4n) is 1.19. The minimum atomic E-state index is 0.387. The summed E-state index contributed by atoms with van der Waals surface area (Å²) in [5, 5.41) is 0.554. The second kappa shape index (κ2) is 3.82. The fraction of sp³-hybridized carbons (Fsp3) is 0.100. The lowest BCUT2D eigenvalue weighted by Gasteiger charge is -2.02. The summed E-state index contributed by atoms with van der Waals surface area (Å²) in [6.07, 6.45) is 3.39.